The van der Waals surface area contributed by atoms with E-state index in [0.717, 1.165) is 28.9 Å². The lowest BCUT2D eigenvalue weighted by atomic mass is 9.97. The zero-order chi connectivity index (χ0) is 15.2. The average Bonchev–Trinajstić information content (AvgIpc) is 2.46. The van der Waals surface area contributed by atoms with Gasteiger partial charge in [0.2, 0.25) is 0 Å². The molecule has 112 valence electrons. The van der Waals surface area contributed by atoms with Gasteiger partial charge in [0.25, 0.3) is 0 Å². The van der Waals surface area contributed by atoms with Gasteiger partial charge >= 0.3 is 0 Å². The van der Waals surface area contributed by atoms with Crippen LogP contribution in [0.1, 0.15) is 36.1 Å². The minimum Gasteiger partial charge on any atom is -0.310 e. The summed E-state index contributed by atoms with van der Waals surface area (Å²) in [6.45, 7) is 5.33. The quantitative estimate of drug-likeness (QED) is 0.692. The van der Waals surface area contributed by atoms with Gasteiger partial charge in [-0.15, -0.1) is 0 Å². The molecule has 2 aromatic carbocycles. The lowest BCUT2D eigenvalue weighted by molar-refractivity contribution is 0.529. The Morgan fingerprint density at radius 2 is 2.00 bits per heavy atom. The molecule has 0 radical (unpaired) electrons. The second-order valence-corrected chi connectivity index (χ2v) is 6.64. The molecule has 0 fully saturated rings. The van der Waals surface area contributed by atoms with Crippen molar-refractivity contribution in [1.29, 1.82) is 0 Å². The van der Waals surface area contributed by atoms with Gasteiger partial charge < -0.3 is 5.32 Å². The van der Waals surface area contributed by atoms with Gasteiger partial charge in [-0.2, -0.15) is 0 Å². The van der Waals surface area contributed by atoms with E-state index >= 15 is 0 Å². The number of hydrogen-bond donors (Lipinski definition) is 1. The number of nitrogens with one attached hydrogen (secondary N) is 1. The summed E-state index contributed by atoms with van der Waals surface area (Å²) < 4.78 is 1.16. The number of hydrogen-bond acceptors (Lipinski definition) is 1. The average molecular weight is 367 g/mol. The van der Waals surface area contributed by atoms with E-state index in [-0.39, 0.29) is 0 Å². The van der Waals surface area contributed by atoms with Crippen LogP contribution in [0.25, 0.3) is 0 Å². The Morgan fingerprint density at radius 3 is 2.67 bits per heavy atom. The summed E-state index contributed by atoms with van der Waals surface area (Å²) in [4.78, 5) is 0. The number of halogens is 2. The van der Waals surface area contributed by atoms with E-state index in [1.165, 1.54) is 16.7 Å². The fourth-order valence-electron chi connectivity index (χ4n) is 2.41. The zero-order valence-corrected chi connectivity index (χ0v) is 14.8. The molecule has 1 atom stereocenters. The molecule has 2 rings (SSSR count). The summed E-state index contributed by atoms with van der Waals surface area (Å²) in [6, 6.07) is 15.0. The maximum Gasteiger partial charge on any atom is 0.0408 e. The summed E-state index contributed by atoms with van der Waals surface area (Å²) in [5.74, 6) is 0. The van der Waals surface area contributed by atoms with Crippen LogP contribution in [0.15, 0.2) is 46.9 Å². The van der Waals surface area contributed by atoms with Crippen molar-refractivity contribution < 1.29 is 0 Å². The fourth-order valence-corrected chi connectivity index (χ4v) is 2.87. The summed E-state index contributed by atoms with van der Waals surface area (Å²) in [7, 11) is 0. The summed E-state index contributed by atoms with van der Waals surface area (Å²) in [5, 5.41) is 4.44. The lowest BCUT2D eigenvalue weighted by Gasteiger charge is -2.20. The molecule has 0 spiro atoms. The predicted molar refractivity (Wildman–Crippen MR) is 95.1 cm³/mol. The Balaban J connectivity index is 2.22. The van der Waals surface area contributed by atoms with Crippen LogP contribution in [0.5, 0.6) is 0 Å². The first-order chi connectivity index (χ1) is 10.1. The van der Waals surface area contributed by atoms with Crippen molar-refractivity contribution in [3.63, 3.8) is 0 Å². The standard InChI is InChI=1S/C18H21BrClN/c1-3-9-21-18(12-14-5-4-6-16(20)11-14)15-7-8-17(19)13(2)10-15/h4-8,10-11,18,21H,3,9,12H2,1-2H3. The molecule has 2 aromatic rings. The van der Waals surface area contributed by atoms with Crippen LogP contribution in [0, 0.1) is 6.92 Å². The van der Waals surface area contributed by atoms with E-state index in [2.05, 4.69) is 59.4 Å². The molecule has 0 amide bonds. The van der Waals surface area contributed by atoms with Gasteiger partial charge in [0, 0.05) is 15.5 Å². The number of aryl methyl sites for hydroxylation is 1. The van der Waals surface area contributed by atoms with Gasteiger partial charge in [-0.25, -0.2) is 0 Å². The van der Waals surface area contributed by atoms with E-state index < -0.39 is 0 Å². The van der Waals surface area contributed by atoms with E-state index in [9.17, 15) is 0 Å². The third-order valence-electron chi connectivity index (χ3n) is 3.55. The van der Waals surface area contributed by atoms with E-state index in [4.69, 9.17) is 11.6 Å². The zero-order valence-electron chi connectivity index (χ0n) is 12.5. The first-order valence-corrected chi connectivity index (χ1v) is 8.51. The van der Waals surface area contributed by atoms with Gasteiger partial charge in [-0.3, -0.25) is 0 Å². The maximum absolute atomic E-state index is 6.10. The van der Waals surface area contributed by atoms with Crippen LogP contribution in [0.2, 0.25) is 5.02 Å². The molecule has 0 aromatic heterocycles. The van der Waals surface area contributed by atoms with Crippen molar-refractivity contribution in [2.75, 3.05) is 6.54 Å². The summed E-state index contributed by atoms with van der Waals surface area (Å²) in [5.41, 5.74) is 3.85. The summed E-state index contributed by atoms with van der Waals surface area (Å²) >= 11 is 9.67. The van der Waals surface area contributed by atoms with Gasteiger partial charge in [0.05, 0.1) is 0 Å². The van der Waals surface area contributed by atoms with Gasteiger partial charge in [-0.1, -0.05) is 58.7 Å². The maximum atomic E-state index is 6.10. The molecule has 1 N–H and O–H groups in total. The summed E-state index contributed by atoms with van der Waals surface area (Å²) in [6.07, 6.45) is 2.07. The number of rotatable bonds is 6. The second kappa shape index (κ2) is 7.98. The van der Waals surface area contributed by atoms with Crippen LogP contribution in [-0.2, 0) is 6.42 Å². The molecule has 0 aliphatic heterocycles. The highest BCUT2D eigenvalue weighted by Crippen LogP contribution is 2.24. The monoisotopic (exact) mass is 365 g/mol. The normalized spacial score (nSPS) is 12.4. The molecule has 3 heteroatoms. The molecule has 0 saturated heterocycles. The first kappa shape index (κ1) is 16.5. The highest BCUT2D eigenvalue weighted by atomic mass is 79.9. The molecular weight excluding hydrogens is 346 g/mol. The molecular formula is C18H21BrClN. The van der Waals surface area contributed by atoms with Crippen LogP contribution >= 0.6 is 27.5 Å². The van der Waals surface area contributed by atoms with Crippen LogP contribution in [-0.4, -0.2) is 6.54 Å². The third kappa shape index (κ3) is 4.84. The van der Waals surface area contributed by atoms with E-state index in [1.807, 2.05) is 18.2 Å². The topological polar surface area (TPSA) is 12.0 Å². The fraction of sp³-hybridized carbons (Fsp3) is 0.333. The third-order valence-corrected chi connectivity index (χ3v) is 4.68. The van der Waals surface area contributed by atoms with Crippen molar-refractivity contribution in [1.82, 2.24) is 5.32 Å². The lowest BCUT2D eigenvalue weighted by Crippen LogP contribution is -2.24. The Kier molecular flexibility index (Phi) is 6.28. The van der Waals surface area contributed by atoms with Crippen molar-refractivity contribution in [2.45, 2.75) is 32.7 Å². The predicted octanol–water partition coefficient (Wildman–Crippen LogP) is 5.69. The molecule has 0 bridgehead atoms. The largest absolute Gasteiger partial charge is 0.310 e. The van der Waals surface area contributed by atoms with Crippen LogP contribution in [0.4, 0.5) is 0 Å². The Hall–Kier alpha value is -0.830. The van der Waals surface area contributed by atoms with Crippen molar-refractivity contribution in [2.24, 2.45) is 0 Å². The molecule has 21 heavy (non-hydrogen) atoms. The highest BCUT2D eigenvalue weighted by Gasteiger charge is 2.12. The molecule has 0 heterocycles. The van der Waals surface area contributed by atoms with Crippen molar-refractivity contribution in [3.8, 4) is 0 Å². The molecule has 0 aliphatic carbocycles. The minimum atomic E-state index is 0.315. The molecule has 0 saturated carbocycles. The van der Waals surface area contributed by atoms with Gasteiger partial charge in [0.15, 0.2) is 0 Å². The van der Waals surface area contributed by atoms with Gasteiger partial charge in [-0.05, 0) is 61.2 Å². The van der Waals surface area contributed by atoms with Crippen molar-refractivity contribution >= 4 is 27.5 Å². The number of benzene rings is 2. The SMILES string of the molecule is CCCNC(Cc1cccc(Cl)c1)c1ccc(Br)c(C)c1. The first-order valence-electron chi connectivity index (χ1n) is 7.34. The van der Waals surface area contributed by atoms with Crippen molar-refractivity contribution in [3.05, 3.63) is 68.7 Å². The molecule has 1 nitrogen and oxygen atoms in total. The highest BCUT2D eigenvalue weighted by molar-refractivity contribution is 9.10. The Morgan fingerprint density at radius 1 is 1.19 bits per heavy atom. The van der Waals surface area contributed by atoms with Crippen LogP contribution in [0.3, 0.4) is 0 Å². The smallest absolute Gasteiger partial charge is 0.0408 e. The van der Waals surface area contributed by atoms with E-state index in [0.29, 0.717) is 6.04 Å². The molecule has 1 unspecified atom stereocenters. The Labute approximate surface area is 140 Å². The second-order valence-electron chi connectivity index (χ2n) is 5.35. The molecule has 0 aliphatic rings. The Bertz CT molecular complexity index is 598. The minimum absolute atomic E-state index is 0.315. The van der Waals surface area contributed by atoms with Gasteiger partial charge in [0.1, 0.15) is 0 Å². The van der Waals surface area contributed by atoms with E-state index in [1.54, 1.807) is 0 Å². The van der Waals surface area contributed by atoms with Crippen LogP contribution < -0.4 is 5.32 Å².